The molecule has 21 heavy (non-hydrogen) atoms. The SMILES string of the molecule is CC1(C)CN(c2ccc(C(F)(F)F)cc2N)CC(C)(C)O1. The molecule has 6 heteroatoms. The lowest BCUT2D eigenvalue weighted by Crippen LogP contribution is -2.57. The van der Waals surface area contributed by atoms with Gasteiger partial charge >= 0.3 is 6.18 Å². The Hall–Kier alpha value is -1.43. The molecule has 0 atom stereocenters. The number of anilines is 2. The van der Waals surface area contributed by atoms with Gasteiger partial charge in [0.25, 0.3) is 0 Å². The van der Waals surface area contributed by atoms with Crippen LogP contribution in [0.4, 0.5) is 24.5 Å². The molecular weight excluding hydrogens is 281 g/mol. The lowest BCUT2D eigenvalue weighted by Gasteiger charge is -2.48. The number of nitrogens with two attached hydrogens (primary N) is 1. The van der Waals surface area contributed by atoms with Crippen LogP contribution in [0.15, 0.2) is 18.2 Å². The summed E-state index contributed by atoms with van der Waals surface area (Å²) < 4.78 is 44.1. The minimum Gasteiger partial charge on any atom is -0.397 e. The van der Waals surface area contributed by atoms with E-state index >= 15 is 0 Å². The van der Waals surface area contributed by atoms with Crippen molar-refractivity contribution >= 4 is 11.4 Å². The molecule has 2 rings (SSSR count). The molecule has 0 aromatic heterocycles. The second kappa shape index (κ2) is 4.80. The number of hydrogen-bond donors (Lipinski definition) is 1. The molecule has 0 unspecified atom stereocenters. The number of nitrogen functional groups attached to an aromatic ring is 1. The highest BCUT2D eigenvalue weighted by Crippen LogP contribution is 2.37. The first-order valence-electron chi connectivity index (χ1n) is 6.82. The number of hydrogen-bond acceptors (Lipinski definition) is 3. The van der Waals surface area contributed by atoms with E-state index < -0.39 is 22.9 Å². The van der Waals surface area contributed by atoms with Crippen LogP contribution >= 0.6 is 0 Å². The molecule has 0 spiro atoms. The number of morpholine rings is 1. The Balaban J connectivity index is 2.34. The third-order valence-corrected chi connectivity index (χ3v) is 3.39. The smallest absolute Gasteiger partial charge is 0.397 e. The number of halogens is 3. The molecule has 0 radical (unpaired) electrons. The summed E-state index contributed by atoms with van der Waals surface area (Å²) in [4.78, 5) is 1.99. The summed E-state index contributed by atoms with van der Waals surface area (Å²) in [5.74, 6) is 0. The van der Waals surface area contributed by atoms with E-state index in [0.29, 0.717) is 18.8 Å². The van der Waals surface area contributed by atoms with E-state index in [1.807, 2.05) is 32.6 Å². The largest absolute Gasteiger partial charge is 0.416 e. The van der Waals surface area contributed by atoms with Gasteiger partial charge in [0, 0.05) is 13.1 Å². The van der Waals surface area contributed by atoms with Gasteiger partial charge in [0.1, 0.15) is 0 Å². The zero-order valence-corrected chi connectivity index (χ0v) is 12.7. The number of nitrogens with zero attached hydrogens (tertiary/aromatic N) is 1. The highest BCUT2D eigenvalue weighted by atomic mass is 19.4. The highest BCUT2D eigenvalue weighted by Gasteiger charge is 2.39. The van der Waals surface area contributed by atoms with Crippen LogP contribution in [0.1, 0.15) is 33.3 Å². The quantitative estimate of drug-likeness (QED) is 0.804. The standard InChI is InChI=1S/C15H21F3N2O/c1-13(2)8-20(9-14(3,4)21-13)12-6-5-10(7-11(12)19)15(16,17)18/h5-7H,8-9,19H2,1-4H3. The van der Waals surface area contributed by atoms with Crippen molar-refractivity contribution < 1.29 is 17.9 Å². The molecule has 0 saturated carbocycles. The Bertz CT molecular complexity index is 522. The van der Waals surface area contributed by atoms with Crippen molar-refractivity contribution in [2.24, 2.45) is 0 Å². The van der Waals surface area contributed by atoms with Crippen LogP contribution in [0.5, 0.6) is 0 Å². The molecule has 1 aliphatic rings. The van der Waals surface area contributed by atoms with Crippen LogP contribution in [0.3, 0.4) is 0 Å². The van der Waals surface area contributed by atoms with Gasteiger partial charge in [-0.05, 0) is 45.9 Å². The fraction of sp³-hybridized carbons (Fsp3) is 0.600. The van der Waals surface area contributed by atoms with Crippen molar-refractivity contribution in [3.05, 3.63) is 23.8 Å². The molecule has 1 fully saturated rings. The maximum atomic E-state index is 12.7. The molecule has 1 heterocycles. The molecule has 3 nitrogen and oxygen atoms in total. The summed E-state index contributed by atoms with van der Waals surface area (Å²) >= 11 is 0. The number of alkyl halides is 3. The van der Waals surface area contributed by atoms with Crippen LogP contribution in [0.25, 0.3) is 0 Å². The maximum Gasteiger partial charge on any atom is 0.416 e. The molecule has 0 bridgehead atoms. The molecule has 1 aromatic rings. The second-order valence-electron chi connectivity index (χ2n) is 6.75. The van der Waals surface area contributed by atoms with Crippen molar-refractivity contribution in [3.63, 3.8) is 0 Å². The fourth-order valence-corrected chi connectivity index (χ4v) is 2.98. The first-order valence-corrected chi connectivity index (χ1v) is 6.82. The Morgan fingerprint density at radius 1 is 1.10 bits per heavy atom. The summed E-state index contributed by atoms with van der Waals surface area (Å²) in [6, 6.07) is 3.50. The van der Waals surface area contributed by atoms with Crippen LogP contribution in [-0.4, -0.2) is 24.3 Å². The predicted octanol–water partition coefficient (Wildman–Crippen LogP) is 3.68. The molecule has 1 aromatic carbocycles. The molecule has 0 aliphatic carbocycles. The molecule has 2 N–H and O–H groups in total. The van der Waals surface area contributed by atoms with E-state index in [4.69, 9.17) is 10.5 Å². The molecular formula is C15H21F3N2O. The van der Waals surface area contributed by atoms with Crippen molar-refractivity contribution in [2.75, 3.05) is 23.7 Å². The lowest BCUT2D eigenvalue weighted by molar-refractivity contribution is -0.137. The zero-order chi connectivity index (χ0) is 16.1. The van der Waals surface area contributed by atoms with E-state index in [1.54, 1.807) is 0 Å². The van der Waals surface area contributed by atoms with Crippen LogP contribution in [0, 0.1) is 0 Å². The fourth-order valence-electron chi connectivity index (χ4n) is 2.98. The van der Waals surface area contributed by atoms with Crippen LogP contribution in [0.2, 0.25) is 0 Å². The topological polar surface area (TPSA) is 38.5 Å². The summed E-state index contributed by atoms with van der Waals surface area (Å²) in [5, 5.41) is 0. The Morgan fingerprint density at radius 2 is 1.62 bits per heavy atom. The van der Waals surface area contributed by atoms with E-state index in [2.05, 4.69) is 0 Å². The van der Waals surface area contributed by atoms with Crippen LogP contribution in [-0.2, 0) is 10.9 Å². The van der Waals surface area contributed by atoms with E-state index in [-0.39, 0.29) is 5.69 Å². The summed E-state index contributed by atoms with van der Waals surface area (Å²) in [6.07, 6.45) is -4.38. The Labute approximate surface area is 122 Å². The van der Waals surface area contributed by atoms with Gasteiger partial charge in [-0.15, -0.1) is 0 Å². The van der Waals surface area contributed by atoms with Crippen molar-refractivity contribution in [3.8, 4) is 0 Å². The zero-order valence-electron chi connectivity index (χ0n) is 12.7. The first kappa shape index (κ1) is 15.9. The number of ether oxygens (including phenoxy) is 1. The van der Waals surface area contributed by atoms with E-state index in [1.165, 1.54) is 6.07 Å². The summed E-state index contributed by atoms with van der Waals surface area (Å²) in [5.41, 5.74) is 5.09. The van der Waals surface area contributed by atoms with Gasteiger partial charge in [0.2, 0.25) is 0 Å². The summed E-state index contributed by atoms with van der Waals surface area (Å²) in [7, 11) is 0. The Kier molecular flexibility index (Phi) is 3.64. The number of benzene rings is 1. The van der Waals surface area contributed by atoms with Gasteiger partial charge in [0.05, 0.1) is 28.1 Å². The van der Waals surface area contributed by atoms with Gasteiger partial charge < -0.3 is 15.4 Å². The number of rotatable bonds is 1. The first-order chi connectivity index (χ1) is 9.40. The third kappa shape index (κ3) is 3.61. The minimum absolute atomic E-state index is 0.137. The van der Waals surface area contributed by atoms with E-state index in [0.717, 1.165) is 12.1 Å². The van der Waals surface area contributed by atoms with E-state index in [9.17, 15) is 13.2 Å². The molecule has 1 aliphatic heterocycles. The Morgan fingerprint density at radius 3 is 2.05 bits per heavy atom. The maximum absolute atomic E-state index is 12.7. The van der Waals surface area contributed by atoms with Gasteiger partial charge in [-0.3, -0.25) is 0 Å². The third-order valence-electron chi connectivity index (χ3n) is 3.39. The normalized spacial score (nSPS) is 21.4. The van der Waals surface area contributed by atoms with Gasteiger partial charge in [-0.1, -0.05) is 0 Å². The average molecular weight is 302 g/mol. The van der Waals surface area contributed by atoms with Crippen molar-refractivity contribution in [1.29, 1.82) is 0 Å². The van der Waals surface area contributed by atoms with Crippen molar-refractivity contribution in [2.45, 2.75) is 45.1 Å². The van der Waals surface area contributed by atoms with Crippen molar-refractivity contribution in [1.82, 2.24) is 0 Å². The molecule has 0 amide bonds. The lowest BCUT2D eigenvalue weighted by atomic mass is 9.98. The predicted molar refractivity (Wildman–Crippen MR) is 77.3 cm³/mol. The highest BCUT2D eigenvalue weighted by molar-refractivity contribution is 5.69. The minimum atomic E-state index is -4.38. The monoisotopic (exact) mass is 302 g/mol. The van der Waals surface area contributed by atoms with Gasteiger partial charge in [-0.2, -0.15) is 13.2 Å². The van der Waals surface area contributed by atoms with Gasteiger partial charge in [0.15, 0.2) is 0 Å². The second-order valence-corrected chi connectivity index (χ2v) is 6.75. The van der Waals surface area contributed by atoms with Crippen LogP contribution < -0.4 is 10.6 Å². The summed E-state index contributed by atoms with van der Waals surface area (Å²) in [6.45, 7) is 8.99. The average Bonchev–Trinajstić information content (AvgIpc) is 2.22. The van der Waals surface area contributed by atoms with Gasteiger partial charge in [-0.25, -0.2) is 0 Å². The molecule has 1 saturated heterocycles. The molecule has 118 valence electrons.